The number of aromatic nitrogens is 2. The van der Waals surface area contributed by atoms with E-state index in [4.69, 9.17) is 11.6 Å². The first-order valence-corrected chi connectivity index (χ1v) is 7.17. The van der Waals surface area contributed by atoms with Gasteiger partial charge in [0.1, 0.15) is 5.15 Å². The molecule has 1 saturated heterocycles. The predicted octanol–water partition coefficient (Wildman–Crippen LogP) is 1.65. The van der Waals surface area contributed by atoms with Crippen LogP contribution in [0, 0.1) is 0 Å². The highest BCUT2D eigenvalue weighted by Gasteiger charge is 2.28. The number of nitrogens with one attached hydrogen (secondary N) is 1. The Morgan fingerprint density at radius 2 is 1.84 bits per heavy atom. The van der Waals surface area contributed by atoms with Crippen molar-refractivity contribution in [2.75, 3.05) is 5.01 Å². The molecule has 106 valence electrons. The smallest absolute Gasteiger partial charge is 0.300 e. The third-order valence-corrected chi connectivity index (χ3v) is 4.18. The van der Waals surface area contributed by atoms with E-state index in [1.807, 2.05) is 25.8 Å². The molecule has 0 saturated carbocycles. The summed E-state index contributed by atoms with van der Waals surface area (Å²) in [6, 6.07) is 0.349. The predicted molar refractivity (Wildman–Crippen MR) is 76.7 cm³/mol. The van der Waals surface area contributed by atoms with Crippen LogP contribution < -0.4 is 16.3 Å². The Balaban J connectivity index is 2.62. The molecule has 1 aromatic heterocycles. The summed E-state index contributed by atoms with van der Waals surface area (Å²) in [6.45, 7) is 5.94. The molecular formula is C13H20ClN3O2. The van der Waals surface area contributed by atoms with Gasteiger partial charge in [-0.2, -0.15) is 4.68 Å². The third kappa shape index (κ3) is 2.43. The third-order valence-electron chi connectivity index (χ3n) is 3.86. The Morgan fingerprint density at radius 1 is 1.26 bits per heavy atom. The minimum Gasteiger partial charge on any atom is -0.300 e. The van der Waals surface area contributed by atoms with Crippen molar-refractivity contribution in [3.05, 3.63) is 31.6 Å². The molecule has 0 radical (unpaired) electrons. The van der Waals surface area contributed by atoms with Crippen molar-refractivity contribution in [2.24, 2.45) is 0 Å². The van der Waals surface area contributed by atoms with E-state index < -0.39 is 5.69 Å². The summed E-state index contributed by atoms with van der Waals surface area (Å²) >= 11 is 5.93. The molecule has 19 heavy (non-hydrogen) atoms. The summed E-state index contributed by atoms with van der Waals surface area (Å²) in [4.78, 5) is 27.1. The van der Waals surface area contributed by atoms with Crippen molar-refractivity contribution in [1.29, 1.82) is 0 Å². The first-order valence-electron chi connectivity index (χ1n) is 6.79. The van der Waals surface area contributed by atoms with Crippen LogP contribution in [-0.4, -0.2) is 21.7 Å². The van der Waals surface area contributed by atoms with Crippen molar-refractivity contribution >= 4 is 11.6 Å². The van der Waals surface area contributed by atoms with Crippen LogP contribution in [0.5, 0.6) is 0 Å². The highest BCUT2D eigenvalue weighted by molar-refractivity contribution is 6.30. The SMILES string of the molecule is CCc1c(Cl)[nH]c(=O)n(N2C(C)CCCC2C)c1=O. The zero-order valence-electron chi connectivity index (χ0n) is 11.6. The van der Waals surface area contributed by atoms with E-state index in [1.54, 1.807) is 0 Å². The Bertz CT molecular complexity index is 568. The van der Waals surface area contributed by atoms with Crippen molar-refractivity contribution in [3.63, 3.8) is 0 Å². The quantitative estimate of drug-likeness (QED) is 0.841. The van der Waals surface area contributed by atoms with Gasteiger partial charge in [-0.05, 0) is 39.5 Å². The first-order chi connectivity index (χ1) is 8.97. The Morgan fingerprint density at radius 3 is 2.37 bits per heavy atom. The standard InChI is InChI=1S/C13H20ClN3O2/c1-4-10-11(14)15-13(19)17(12(10)18)16-8(2)6-5-7-9(16)3/h8-9H,4-7H2,1-3H3,(H,15,19). The first kappa shape index (κ1) is 14.2. The minimum absolute atomic E-state index is 0.158. The van der Waals surface area contributed by atoms with Crippen LogP contribution in [0.2, 0.25) is 5.15 Å². The number of halogens is 1. The largest absolute Gasteiger partial charge is 0.348 e. The lowest BCUT2D eigenvalue weighted by molar-refractivity contribution is 0.322. The molecule has 0 aliphatic carbocycles. The average molecular weight is 286 g/mol. The van der Waals surface area contributed by atoms with E-state index in [0.717, 1.165) is 19.3 Å². The van der Waals surface area contributed by atoms with E-state index in [0.29, 0.717) is 12.0 Å². The molecule has 1 aliphatic rings. The lowest BCUT2D eigenvalue weighted by atomic mass is 10.00. The number of rotatable bonds is 2. The zero-order chi connectivity index (χ0) is 14.2. The number of piperidine rings is 1. The van der Waals surface area contributed by atoms with E-state index in [1.165, 1.54) is 4.68 Å². The van der Waals surface area contributed by atoms with Crippen LogP contribution >= 0.6 is 11.6 Å². The Kier molecular flexibility index (Phi) is 4.04. The molecule has 1 aromatic rings. The topological polar surface area (TPSA) is 58.1 Å². The molecule has 0 amide bonds. The van der Waals surface area contributed by atoms with E-state index >= 15 is 0 Å². The van der Waals surface area contributed by atoms with Crippen molar-refractivity contribution < 1.29 is 0 Å². The summed E-state index contributed by atoms with van der Waals surface area (Å²) in [5.41, 5.74) is -0.282. The lowest BCUT2D eigenvalue weighted by Crippen LogP contribution is -2.60. The number of hydrogen-bond acceptors (Lipinski definition) is 3. The molecule has 0 bridgehead atoms. The van der Waals surface area contributed by atoms with E-state index in [2.05, 4.69) is 4.98 Å². The van der Waals surface area contributed by atoms with Gasteiger partial charge in [-0.1, -0.05) is 18.5 Å². The summed E-state index contributed by atoms with van der Waals surface area (Å²) in [7, 11) is 0. The van der Waals surface area contributed by atoms with Crippen molar-refractivity contribution in [3.8, 4) is 0 Å². The van der Waals surface area contributed by atoms with Gasteiger partial charge in [-0.25, -0.2) is 4.79 Å². The van der Waals surface area contributed by atoms with Crippen LogP contribution in [0.1, 0.15) is 45.6 Å². The van der Waals surface area contributed by atoms with Crippen molar-refractivity contribution in [1.82, 2.24) is 9.66 Å². The lowest BCUT2D eigenvalue weighted by Gasteiger charge is -2.40. The van der Waals surface area contributed by atoms with E-state index in [-0.39, 0.29) is 22.8 Å². The van der Waals surface area contributed by atoms with Crippen LogP contribution in [-0.2, 0) is 6.42 Å². The molecule has 0 spiro atoms. The maximum atomic E-state index is 12.4. The summed E-state index contributed by atoms with van der Waals surface area (Å²) < 4.78 is 1.24. The molecule has 1 fully saturated rings. The van der Waals surface area contributed by atoms with Gasteiger partial charge < -0.3 is 5.01 Å². The number of nitrogens with zero attached hydrogens (tertiary/aromatic N) is 2. The average Bonchev–Trinajstić information content (AvgIpc) is 2.33. The summed E-state index contributed by atoms with van der Waals surface area (Å²) in [5, 5.41) is 2.05. The monoisotopic (exact) mass is 285 g/mol. The second kappa shape index (κ2) is 5.41. The van der Waals surface area contributed by atoms with Crippen LogP contribution in [0.4, 0.5) is 0 Å². The van der Waals surface area contributed by atoms with Crippen molar-refractivity contribution in [2.45, 2.75) is 58.5 Å². The highest BCUT2D eigenvalue weighted by atomic mass is 35.5. The fourth-order valence-electron chi connectivity index (χ4n) is 2.85. The highest BCUT2D eigenvalue weighted by Crippen LogP contribution is 2.20. The van der Waals surface area contributed by atoms with Gasteiger partial charge in [0.2, 0.25) is 0 Å². The van der Waals surface area contributed by atoms with Gasteiger partial charge in [0, 0.05) is 12.1 Å². The van der Waals surface area contributed by atoms with Gasteiger partial charge in [0.05, 0.1) is 5.56 Å². The van der Waals surface area contributed by atoms with Gasteiger partial charge in [-0.15, -0.1) is 0 Å². The summed E-state index contributed by atoms with van der Waals surface area (Å²) in [6.07, 6.45) is 3.60. The number of H-pyrrole nitrogens is 1. The molecule has 2 unspecified atom stereocenters. The normalized spacial score (nSPS) is 23.7. The maximum absolute atomic E-state index is 12.4. The zero-order valence-corrected chi connectivity index (χ0v) is 12.3. The fraction of sp³-hybridized carbons (Fsp3) is 0.692. The number of aromatic amines is 1. The van der Waals surface area contributed by atoms with Gasteiger partial charge in [-0.3, -0.25) is 9.78 Å². The Hall–Kier alpha value is -1.23. The molecule has 1 N–H and O–H groups in total. The molecule has 6 heteroatoms. The second-order valence-corrected chi connectivity index (χ2v) is 5.58. The molecule has 0 aromatic carbocycles. The van der Waals surface area contributed by atoms with Crippen LogP contribution in [0.3, 0.4) is 0 Å². The second-order valence-electron chi connectivity index (χ2n) is 5.20. The summed E-state index contributed by atoms with van der Waals surface area (Å²) in [5.74, 6) is 0. The molecule has 2 atom stereocenters. The Labute approximate surface area is 117 Å². The molecule has 5 nitrogen and oxygen atoms in total. The molecular weight excluding hydrogens is 266 g/mol. The van der Waals surface area contributed by atoms with Gasteiger partial charge >= 0.3 is 5.69 Å². The molecule has 2 rings (SSSR count). The van der Waals surface area contributed by atoms with Gasteiger partial charge in [0.15, 0.2) is 0 Å². The number of hydrogen-bond donors (Lipinski definition) is 1. The van der Waals surface area contributed by atoms with Crippen LogP contribution in [0.25, 0.3) is 0 Å². The maximum Gasteiger partial charge on any atom is 0.348 e. The minimum atomic E-state index is -0.451. The van der Waals surface area contributed by atoms with Crippen LogP contribution in [0.15, 0.2) is 9.59 Å². The molecule has 2 heterocycles. The van der Waals surface area contributed by atoms with E-state index in [9.17, 15) is 9.59 Å². The molecule has 1 aliphatic heterocycles. The van der Waals surface area contributed by atoms with Gasteiger partial charge in [0.25, 0.3) is 5.56 Å². The fourth-order valence-corrected chi connectivity index (χ4v) is 3.15.